The molecule has 0 aromatic heterocycles. The molecule has 1 aromatic carbocycles. The van der Waals surface area contributed by atoms with Crippen molar-refractivity contribution in [3.05, 3.63) is 28.8 Å². The maximum Gasteiger partial charge on any atom is 0.126 e. The molecular formula is C13H20OS2. The summed E-state index contributed by atoms with van der Waals surface area (Å²) in [7, 11) is 1.70. The molecular weight excluding hydrogens is 236 g/mol. The molecule has 1 rings (SSSR count). The zero-order chi connectivity index (χ0) is 12.3. The molecule has 0 N–H and O–H groups in total. The lowest BCUT2D eigenvalue weighted by Crippen LogP contribution is -2.12. The Morgan fingerprint density at radius 3 is 1.75 bits per heavy atom. The van der Waals surface area contributed by atoms with Crippen LogP contribution in [0.3, 0.4) is 0 Å². The molecule has 0 amide bonds. The van der Waals surface area contributed by atoms with Gasteiger partial charge in [-0.2, -0.15) is 25.3 Å². The van der Waals surface area contributed by atoms with Gasteiger partial charge in [-0.1, -0.05) is 32.9 Å². The van der Waals surface area contributed by atoms with Crippen molar-refractivity contribution in [2.24, 2.45) is 0 Å². The van der Waals surface area contributed by atoms with Gasteiger partial charge in [0.25, 0.3) is 0 Å². The second-order valence-corrected chi connectivity index (χ2v) is 5.53. The van der Waals surface area contributed by atoms with Crippen molar-refractivity contribution in [3.63, 3.8) is 0 Å². The van der Waals surface area contributed by atoms with E-state index in [4.69, 9.17) is 4.74 Å². The molecule has 0 aliphatic rings. The summed E-state index contributed by atoms with van der Waals surface area (Å²) >= 11 is 8.72. The Balaban J connectivity index is 3.37. The SMILES string of the molecule is COc1c(CS)cc(C(C)(C)C)cc1CS. The van der Waals surface area contributed by atoms with Crippen LogP contribution in [-0.4, -0.2) is 7.11 Å². The van der Waals surface area contributed by atoms with Crippen LogP contribution in [0.5, 0.6) is 5.75 Å². The molecule has 0 fully saturated rings. The van der Waals surface area contributed by atoms with E-state index in [0.29, 0.717) is 11.5 Å². The molecule has 0 heterocycles. The first-order valence-corrected chi connectivity index (χ1v) is 6.62. The maximum atomic E-state index is 5.43. The second kappa shape index (κ2) is 5.37. The van der Waals surface area contributed by atoms with Crippen LogP contribution in [0.2, 0.25) is 0 Å². The fourth-order valence-electron chi connectivity index (χ4n) is 1.68. The van der Waals surface area contributed by atoms with Crippen molar-refractivity contribution in [1.82, 2.24) is 0 Å². The first-order valence-electron chi connectivity index (χ1n) is 5.36. The van der Waals surface area contributed by atoms with Crippen LogP contribution in [0.25, 0.3) is 0 Å². The van der Waals surface area contributed by atoms with Crippen LogP contribution in [0.4, 0.5) is 0 Å². The summed E-state index contributed by atoms with van der Waals surface area (Å²) in [5.41, 5.74) is 3.73. The highest BCUT2D eigenvalue weighted by molar-refractivity contribution is 7.79. The van der Waals surface area contributed by atoms with Gasteiger partial charge in [-0.05, 0) is 11.0 Å². The number of hydrogen-bond acceptors (Lipinski definition) is 3. The fourth-order valence-corrected chi connectivity index (χ4v) is 2.15. The summed E-state index contributed by atoms with van der Waals surface area (Å²) in [6, 6.07) is 4.36. The second-order valence-electron chi connectivity index (χ2n) is 4.89. The predicted octanol–water partition coefficient (Wildman–Crippen LogP) is 3.85. The normalized spacial score (nSPS) is 11.6. The van der Waals surface area contributed by atoms with Gasteiger partial charge in [-0.3, -0.25) is 0 Å². The standard InChI is InChI=1S/C13H20OS2/c1-13(2,3)11-5-9(7-15)12(14-4)10(6-11)8-16/h5-6,15-16H,7-8H2,1-4H3. The highest BCUT2D eigenvalue weighted by Crippen LogP contribution is 2.33. The number of thiol groups is 2. The summed E-state index contributed by atoms with van der Waals surface area (Å²) in [5, 5.41) is 0. The molecule has 0 saturated carbocycles. The molecule has 16 heavy (non-hydrogen) atoms. The lowest BCUT2D eigenvalue weighted by Gasteiger charge is -2.22. The number of rotatable bonds is 3. The van der Waals surface area contributed by atoms with Crippen LogP contribution >= 0.6 is 25.3 Å². The van der Waals surface area contributed by atoms with Gasteiger partial charge in [0, 0.05) is 22.6 Å². The Hall–Kier alpha value is -0.280. The first-order chi connectivity index (χ1) is 7.43. The summed E-state index contributed by atoms with van der Waals surface area (Å²) in [6.45, 7) is 6.62. The van der Waals surface area contributed by atoms with Gasteiger partial charge in [-0.15, -0.1) is 0 Å². The molecule has 0 bridgehead atoms. The Morgan fingerprint density at radius 1 is 1.06 bits per heavy atom. The molecule has 0 saturated heterocycles. The fraction of sp³-hybridized carbons (Fsp3) is 0.538. The lowest BCUT2D eigenvalue weighted by atomic mass is 9.85. The van der Waals surface area contributed by atoms with Crippen LogP contribution in [0.1, 0.15) is 37.5 Å². The number of hydrogen-bond donors (Lipinski definition) is 2. The van der Waals surface area contributed by atoms with E-state index >= 15 is 0 Å². The van der Waals surface area contributed by atoms with E-state index in [1.807, 2.05) is 0 Å². The number of methoxy groups -OCH3 is 1. The van der Waals surface area contributed by atoms with Gasteiger partial charge in [0.2, 0.25) is 0 Å². The smallest absolute Gasteiger partial charge is 0.126 e. The molecule has 1 nitrogen and oxygen atoms in total. The van der Waals surface area contributed by atoms with Crippen LogP contribution in [-0.2, 0) is 16.9 Å². The summed E-state index contributed by atoms with van der Waals surface area (Å²) in [4.78, 5) is 0. The third-order valence-corrected chi connectivity index (χ3v) is 3.33. The number of ether oxygens (including phenoxy) is 1. The monoisotopic (exact) mass is 256 g/mol. The predicted molar refractivity (Wildman–Crippen MR) is 77.1 cm³/mol. The summed E-state index contributed by atoms with van der Waals surface area (Å²) < 4.78 is 5.43. The van der Waals surface area contributed by atoms with E-state index < -0.39 is 0 Å². The molecule has 90 valence electrons. The van der Waals surface area contributed by atoms with Gasteiger partial charge in [0.15, 0.2) is 0 Å². The molecule has 0 radical (unpaired) electrons. The Bertz CT molecular complexity index is 342. The maximum absolute atomic E-state index is 5.43. The topological polar surface area (TPSA) is 9.23 Å². The van der Waals surface area contributed by atoms with Crippen molar-refractivity contribution in [1.29, 1.82) is 0 Å². The Kier molecular flexibility index (Phi) is 4.62. The molecule has 0 atom stereocenters. The van der Waals surface area contributed by atoms with Crippen molar-refractivity contribution in [2.75, 3.05) is 7.11 Å². The third-order valence-electron chi connectivity index (χ3n) is 2.65. The zero-order valence-corrected chi connectivity index (χ0v) is 12.2. The third kappa shape index (κ3) is 2.89. The van der Waals surface area contributed by atoms with Crippen molar-refractivity contribution < 1.29 is 4.74 Å². The van der Waals surface area contributed by atoms with Gasteiger partial charge in [0.1, 0.15) is 5.75 Å². The van der Waals surface area contributed by atoms with Crippen molar-refractivity contribution in [2.45, 2.75) is 37.7 Å². The molecule has 0 unspecified atom stereocenters. The van der Waals surface area contributed by atoms with E-state index in [2.05, 4.69) is 58.2 Å². The van der Waals surface area contributed by atoms with Crippen LogP contribution in [0.15, 0.2) is 12.1 Å². The minimum absolute atomic E-state index is 0.141. The van der Waals surface area contributed by atoms with Gasteiger partial charge >= 0.3 is 0 Å². The van der Waals surface area contributed by atoms with Gasteiger partial charge in [-0.25, -0.2) is 0 Å². The molecule has 1 aromatic rings. The van der Waals surface area contributed by atoms with Crippen molar-refractivity contribution >= 4 is 25.3 Å². The van der Waals surface area contributed by atoms with E-state index in [9.17, 15) is 0 Å². The summed E-state index contributed by atoms with van der Waals surface area (Å²) in [6.07, 6.45) is 0. The lowest BCUT2D eigenvalue weighted by molar-refractivity contribution is 0.407. The first kappa shape index (κ1) is 13.8. The highest BCUT2D eigenvalue weighted by atomic mass is 32.1. The number of benzene rings is 1. The van der Waals surface area contributed by atoms with E-state index in [-0.39, 0.29) is 5.41 Å². The van der Waals surface area contributed by atoms with Crippen molar-refractivity contribution in [3.8, 4) is 5.75 Å². The highest BCUT2D eigenvalue weighted by Gasteiger charge is 2.18. The quantitative estimate of drug-likeness (QED) is 0.781. The molecule has 0 aliphatic heterocycles. The zero-order valence-electron chi connectivity index (χ0n) is 10.4. The minimum atomic E-state index is 0.141. The van der Waals surface area contributed by atoms with E-state index in [0.717, 1.165) is 16.9 Å². The largest absolute Gasteiger partial charge is 0.496 e. The summed E-state index contributed by atoms with van der Waals surface area (Å²) in [5.74, 6) is 2.31. The molecule has 0 aliphatic carbocycles. The Labute approximate surface area is 109 Å². The van der Waals surface area contributed by atoms with E-state index in [1.165, 1.54) is 5.56 Å². The average molecular weight is 256 g/mol. The van der Waals surface area contributed by atoms with Gasteiger partial charge < -0.3 is 4.74 Å². The average Bonchev–Trinajstić information content (AvgIpc) is 2.25. The minimum Gasteiger partial charge on any atom is -0.496 e. The van der Waals surface area contributed by atoms with E-state index in [1.54, 1.807) is 7.11 Å². The molecule has 3 heteroatoms. The molecule has 0 spiro atoms. The van der Waals surface area contributed by atoms with Crippen LogP contribution in [0, 0.1) is 0 Å². The Morgan fingerprint density at radius 2 is 1.50 bits per heavy atom. The van der Waals surface area contributed by atoms with Crippen LogP contribution < -0.4 is 4.74 Å². The van der Waals surface area contributed by atoms with Gasteiger partial charge in [0.05, 0.1) is 7.11 Å².